The highest BCUT2D eigenvalue weighted by molar-refractivity contribution is 6.33. The third-order valence-electron chi connectivity index (χ3n) is 4.60. The van der Waals surface area contributed by atoms with Crippen LogP contribution in [0.3, 0.4) is 0 Å². The van der Waals surface area contributed by atoms with Crippen LogP contribution in [0.1, 0.15) is 27.4 Å². The summed E-state index contributed by atoms with van der Waals surface area (Å²) in [5, 5.41) is 11.3. The summed E-state index contributed by atoms with van der Waals surface area (Å²) in [4.78, 5) is 27.0. The van der Waals surface area contributed by atoms with Crippen molar-refractivity contribution in [1.82, 2.24) is 4.90 Å². The number of non-ortho nitro benzene ring substituents is 1. The van der Waals surface area contributed by atoms with Crippen LogP contribution in [-0.4, -0.2) is 41.9 Å². The fourth-order valence-corrected chi connectivity index (χ4v) is 3.75. The Bertz CT molecular complexity index is 846. The molecule has 0 aliphatic carbocycles. The number of amides is 1. The molecule has 0 spiro atoms. The third-order valence-corrected chi connectivity index (χ3v) is 4.89. The molecule has 1 aliphatic rings. The van der Waals surface area contributed by atoms with E-state index in [0.717, 1.165) is 17.0 Å². The number of carbonyl (C=O) groups excluding carboxylic acids is 1. The Labute approximate surface area is 156 Å². The molecule has 0 bridgehead atoms. The number of furan rings is 1. The van der Waals surface area contributed by atoms with Gasteiger partial charge in [0.25, 0.3) is 11.6 Å². The molecule has 1 aliphatic heterocycles. The van der Waals surface area contributed by atoms with Gasteiger partial charge in [0, 0.05) is 38.3 Å². The van der Waals surface area contributed by atoms with E-state index < -0.39 is 4.92 Å². The predicted molar refractivity (Wildman–Crippen MR) is 99.1 cm³/mol. The average molecular weight is 378 g/mol. The van der Waals surface area contributed by atoms with Crippen molar-refractivity contribution < 1.29 is 14.1 Å². The van der Waals surface area contributed by atoms with Crippen LogP contribution in [0.25, 0.3) is 0 Å². The minimum atomic E-state index is -0.450. The number of hydrogen-bond acceptors (Lipinski definition) is 5. The van der Waals surface area contributed by atoms with E-state index in [9.17, 15) is 14.9 Å². The van der Waals surface area contributed by atoms with E-state index >= 15 is 0 Å². The number of benzene rings is 1. The molecule has 1 aromatic heterocycles. The summed E-state index contributed by atoms with van der Waals surface area (Å²) in [6.45, 7) is 7.74. The molecule has 1 aromatic carbocycles. The molecule has 0 N–H and O–H groups in total. The van der Waals surface area contributed by atoms with Crippen molar-refractivity contribution in [3.8, 4) is 0 Å². The number of nitro benzene ring substituents is 1. The number of rotatable bonds is 3. The first-order valence-corrected chi connectivity index (χ1v) is 8.71. The molecule has 1 amide bonds. The topological polar surface area (TPSA) is 79.8 Å². The first-order chi connectivity index (χ1) is 12.3. The highest BCUT2D eigenvalue weighted by Crippen LogP contribution is 2.34. The van der Waals surface area contributed by atoms with Crippen LogP contribution in [0.2, 0.25) is 5.02 Å². The second kappa shape index (κ2) is 6.99. The fourth-order valence-electron chi connectivity index (χ4n) is 3.37. The minimum Gasteiger partial charge on any atom is -0.466 e. The van der Waals surface area contributed by atoms with Crippen molar-refractivity contribution in [2.45, 2.75) is 20.8 Å². The lowest BCUT2D eigenvalue weighted by molar-refractivity contribution is -0.384. The molecule has 26 heavy (non-hydrogen) atoms. The Hall–Kier alpha value is -2.54. The van der Waals surface area contributed by atoms with Crippen molar-refractivity contribution in [3.63, 3.8) is 0 Å². The molecule has 2 heterocycles. The van der Waals surface area contributed by atoms with Crippen molar-refractivity contribution in [1.29, 1.82) is 0 Å². The van der Waals surface area contributed by atoms with Crippen LogP contribution in [0.15, 0.2) is 22.6 Å². The van der Waals surface area contributed by atoms with Gasteiger partial charge in [-0.25, -0.2) is 0 Å². The highest BCUT2D eigenvalue weighted by Gasteiger charge is 2.27. The van der Waals surface area contributed by atoms with E-state index in [1.54, 1.807) is 17.9 Å². The van der Waals surface area contributed by atoms with Gasteiger partial charge in [-0.05, 0) is 32.4 Å². The van der Waals surface area contributed by atoms with E-state index in [0.29, 0.717) is 42.5 Å². The zero-order chi connectivity index (χ0) is 19.0. The Morgan fingerprint density at radius 3 is 2.31 bits per heavy atom. The quantitative estimate of drug-likeness (QED) is 0.601. The molecule has 0 atom stereocenters. The zero-order valence-corrected chi connectivity index (χ0v) is 15.7. The van der Waals surface area contributed by atoms with E-state index in [-0.39, 0.29) is 11.6 Å². The molecule has 138 valence electrons. The van der Waals surface area contributed by atoms with Gasteiger partial charge in [0.15, 0.2) is 0 Å². The predicted octanol–water partition coefficient (Wildman–Crippen LogP) is 3.73. The fraction of sp³-hybridized carbons (Fsp3) is 0.389. The molecular formula is C18H20ClN3O4. The minimum absolute atomic E-state index is 0.0177. The first kappa shape index (κ1) is 18.3. The molecule has 7 nitrogen and oxygen atoms in total. The maximum absolute atomic E-state index is 12.7. The Kier molecular flexibility index (Phi) is 4.91. The lowest BCUT2D eigenvalue weighted by Gasteiger charge is -2.37. The lowest BCUT2D eigenvalue weighted by atomic mass is 10.1. The molecule has 8 heteroatoms. The van der Waals surface area contributed by atoms with E-state index in [4.69, 9.17) is 16.0 Å². The lowest BCUT2D eigenvalue weighted by Crippen LogP contribution is -2.49. The van der Waals surface area contributed by atoms with Crippen LogP contribution in [0.4, 0.5) is 11.4 Å². The summed E-state index contributed by atoms with van der Waals surface area (Å²) in [5.41, 5.74) is 2.13. The highest BCUT2D eigenvalue weighted by atomic mass is 35.5. The number of hydrogen-bond donors (Lipinski definition) is 0. The number of halogens is 1. The molecular weight excluding hydrogens is 358 g/mol. The van der Waals surface area contributed by atoms with E-state index in [1.807, 2.05) is 13.8 Å². The van der Waals surface area contributed by atoms with Crippen LogP contribution in [0.5, 0.6) is 0 Å². The third kappa shape index (κ3) is 3.39. The second-order valence-electron chi connectivity index (χ2n) is 6.46. The van der Waals surface area contributed by atoms with Gasteiger partial charge in [-0.3, -0.25) is 14.9 Å². The summed E-state index contributed by atoms with van der Waals surface area (Å²) in [5.74, 6) is 1.31. The average Bonchev–Trinajstić information content (AvgIpc) is 2.92. The van der Waals surface area contributed by atoms with Gasteiger partial charge < -0.3 is 14.2 Å². The summed E-state index contributed by atoms with van der Waals surface area (Å²) < 4.78 is 5.45. The first-order valence-electron chi connectivity index (χ1n) is 8.33. The summed E-state index contributed by atoms with van der Waals surface area (Å²) in [6, 6.07) is 4.66. The molecule has 1 fully saturated rings. The second-order valence-corrected chi connectivity index (χ2v) is 6.86. The number of piperazine rings is 1. The Morgan fingerprint density at radius 2 is 1.81 bits per heavy atom. The van der Waals surface area contributed by atoms with Crippen LogP contribution >= 0.6 is 11.6 Å². The molecule has 0 unspecified atom stereocenters. The SMILES string of the molecule is Cc1cc(C(=O)N2CCN(c3c(C)cc([N+](=O)[O-])cc3Cl)CC2)c(C)o1. The van der Waals surface area contributed by atoms with Crippen molar-refractivity contribution in [2.24, 2.45) is 0 Å². The smallest absolute Gasteiger partial charge is 0.271 e. The van der Waals surface area contributed by atoms with Crippen molar-refractivity contribution in [2.75, 3.05) is 31.1 Å². The Morgan fingerprint density at radius 1 is 1.15 bits per heavy atom. The number of nitro groups is 1. The standard InChI is InChI=1S/C18H20ClN3O4/c1-11-8-14(22(24)25)10-16(19)17(11)20-4-6-21(7-5-20)18(23)15-9-12(2)26-13(15)3/h8-10H,4-7H2,1-3H3. The molecule has 3 rings (SSSR count). The van der Waals surface area contributed by atoms with Crippen LogP contribution < -0.4 is 4.90 Å². The molecule has 0 radical (unpaired) electrons. The maximum atomic E-state index is 12.7. The maximum Gasteiger partial charge on any atom is 0.271 e. The van der Waals surface area contributed by atoms with Gasteiger partial charge in [-0.2, -0.15) is 0 Å². The monoisotopic (exact) mass is 377 g/mol. The van der Waals surface area contributed by atoms with Gasteiger partial charge in [0.1, 0.15) is 11.5 Å². The summed E-state index contributed by atoms with van der Waals surface area (Å²) >= 11 is 6.29. The van der Waals surface area contributed by atoms with Gasteiger partial charge in [-0.15, -0.1) is 0 Å². The van der Waals surface area contributed by atoms with Gasteiger partial charge in [-0.1, -0.05) is 11.6 Å². The Balaban J connectivity index is 1.74. The normalized spacial score (nSPS) is 14.6. The van der Waals surface area contributed by atoms with Gasteiger partial charge in [0.2, 0.25) is 0 Å². The number of carbonyl (C=O) groups is 1. The van der Waals surface area contributed by atoms with E-state index in [1.165, 1.54) is 12.1 Å². The van der Waals surface area contributed by atoms with Crippen molar-refractivity contribution in [3.05, 3.63) is 56.0 Å². The van der Waals surface area contributed by atoms with Crippen LogP contribution in [0, 0.1) is 30.9 Å². The molecule has 1 saturated heterocycles. The van der Waals surface area contributed by atoms with Gasteiger partial charge >= 0.3 is 0 Å². The van der Waals surface area contributed by atoms with Crippen LogP contribution in [-0.2, 0) is 0 Å². The van der Waals surface area contributed by atoms with Gasteiger partial charge in [0.05, 0.1) is 21.2 Å². The number of aryl methyl sites for hydroxylation is 3. The largest absolute Gasteiger partial charge is 0.466 e. The summed E-state index contributed by atoms with van der Waals surface area (Å²) in [6.07, 6.45) is 0. The van der Waals surface area contributed by atoms with Crippen molar-refractivity contribution >= 4 is 28.9 Å². The van der Waals surface area contributed by atoms with E-state index in [2.05, 4.69) is 4.90 Å². The molecule has 0 saturated carbocycles. The molecule has 2 aromatic rings. The summed E-state index contributed by atoms with van der Waals surface area (Å²) in [7, 11) is 0. The number of nitrogens with zero attached hydrogens (tertiary/aromatic N) is 3. The zero-order valence-electron chi connectivity index (χ0n) is 14.9. The number of anilines is 1.